The number of nitrogens with zero attached hydrogens (tertiary/aromatic N) is 4. The molecule has 0 aliphatic rings. The lowest BCUT2D eigenvalue weighted by molar-refractivity contribution is 0.687. The first-order chi connectivity index (χ1) is 10.3. The molecule has 0 aliphatic heterocycles. The Kier molecular flexibility index (Phi) is 3.91. The monoisotopic (exact) mass is 279 g/mol. The molecule has 106 valence electrons. The van der Waals surface area contributed by atoms with E-state index in [1.54, 1.807) is 24.8 Å². The van der Waals surface area contributed by atoms with Crippen LogP contribution in [0.4, 0.5) is 5.69 Å². The van der Waals surface area contributed by atoms with E-state index < -0.39 is 0 Å². The molecule has 0 fully saturated rings. The van der Waals surface area contributed by atoms with E-state index in [4.69, 9.17) is 0 Å². The van der Waals surface area contributed by atoms with Gasteiger partial charge in [-0.2, -0.15) is 5.10 Å². The smallest absolute Gasteiger partial charge is 0.0806 e. The van der Waals surface area contributed by atoms with E-state index >= 15 is 0 Å². The van der Waals surface area contributed by atoms with Crippen molar-refractivity contribution in [2.75, 3.05) is 5.32 Å². The minimum Gasteiger partial charge on any atom is -0.377 e. The molecule has 5 heteroatoms. The molecule has 3 aromatic rings. The molecule has 3 rings (SSSR count). The molecule has 2 heterocycles. The van der Waals surface area contributed by atoms with Crippen molar-refractivity contribution in [1.82, 2.24) is 19.7 Å². The second kappa shape index (κ2) is 6.17. The van der Waals surface area contributed by atoms with Crippen molar-refractivity contribution in [2.45, 2.75) is 19.5 Å². The number of anilines is 1. The Bertz CT molecular complexity index is 662. The molecule has 0 bridgehead atoms. The fraction of sp³-hybridized carbons (Fsp3) is 0.188. The highest BCUT2D eigenvalue weighted by Crippen LogP contribution is 2.17. The molecule has 21 heavy (non-hydrogen) atoms. The lowest BCUT2D eigenvalue weighted by Crippen LogP contribution is -2.08. The van der Waals surface area contributed by atoms with Gasteiger partial charge in [-0.05, 0) is 30.7 Å². The highest BCUT2D eigenvalue weighted by atomic mass is 15.3. The summed E-state index contributed by atoms with van der Waals surface area (Å²) in [6.45, 7) is 2.86. The maximum atomic E-state index is 4.31. The molecule has 1 unspecified atom stereocenters. The number of benzene rings is 1. The zero-order valence-corrected chi connectivity index (χ0v) is 11.8. The Morgan fingerprint density at radius 1 is 1.14 bits per heavy atom. The quantitative estimate of drug-likeness (QED) is 0.780. The Morgan fingerprint density at radius 2 is 2.00 bits per heavy atom. The molecule has 0 saturated heterocycles. The first kappa shape index (κ1) is 13.3. The summed E-state index contributed by atoms with van der Waals surface area (Å²) in [6, 6.07) is 10.4. The summed E-state index contributed by atoms with van der Waals surface area (Å²) in [6.07, 6.45) is 8.92. The fourth-order valence-corrected chi connectivity index (χ4v) is 2.15. The summed E-state index contributed by atoms with van der Waals surface area (Å²) in [5.41, 5.74) is 3.21. The van der Waals surface area contributed by atoms with Gasteiger partial charge in [0, 0.05) is 30.5 Å². The molecule has 0 spiro atoms. The molecule has 5 nitrogen and oxygen atoms in total. The van der Waals surface area contributed by atoms with Crippen LogP contribution in [0, 0.1) is 0 Å². The molecule has 0 amide bonds. The number of nitrogens with one attached hydrogen (secondary N) is 1. The first-order valence-corrected chi connectivity index (χ1v) is 6.90. The van der Waals surface area contributed by atoms with Gasteiger partial charge in [-0.3, -0.25) is 14.6 Å². The van der Waals surface area contributed by atoms with Crippen LogP contribution in [0.1, 0.15) is 24.2 Å². The minimum atomic E-state index is 0.121. The number of hydrogen-bond acceptors (Lipinski definition) is 4. The second-order valence-electron chi connectivity index (χ2n) is 4.90. The maximum absolute atomic E-state index is 4.31. The predicted molar refractivity (Wildman–Crippen MR) is 81.8 cm³/mol. The van der Waals surface area contributed by atoms with Gasteiger partial charge in [0.1, 0.15) is 0 Å². The van der Waals surface area contributed by atoms with Gasteiger partial charge in [0.15, 0.2) is 0 Å². The summed E-state index contributed by atoms with van der Waals surface area (Å²) in [5.74, 6) is 0. The Balaban J connectivity index is 1.64. The average Bonchev–Trinajstić information content (AvgIpc) is 3.03. The van der Waals surface area contributed by atoms with Gasteiger partial charge in [-0.15, -0.1) is 0 Å². The van der Waals surface area contributed by atoms with Crippen molar-refractivity contribution in [1.29, 1.82) is 0 Å². The van der Waals surface area contributed by atoms with E-state index in [1.165, 1.54) is 5.56 Å². The van der Waals surface area contributed by atoms with Gasteiger partial charge in [0.25, 0.3) is 0 Å². The standard InChI is InChI=1S/C16H17N5/c1-13(16-11-17-8-9-18-16)20-15-5-3-14(4-6-15)12-21-10-2-7-19-21/h2-11,13,20H,12H2,1H3. The van der Waals surface area contributed by atoms with Crippen LogP contribution < -0.4 is 5.32 Å². The van der Waals surface area contributed by atoms with E-state index in [1.807, 2.05) is 16.9 Å². The maximum Gasteiger partial charge on any atom is 0.0806 e. The van der Waals surface area contributed by atoms with E-state index in [9.17, 15) is 0 Å². The summed E-state index contributed by atoms with van der Waals surface area (Å²) >= 11 is 0. The third kappa shape index (κ3) is 3.45. The summed E-state index contributed by atoms with van der Waals surface area (Å²) in [4.78, 5) is 8.40. The first-order valence-electron chi connectivity index (χ1n) is 6.90. The summed E-state index contributed by atoms with van der Waals surface area (Å²) in [5, 5.41) is 7.63. The predicted octanol–water partition coefficient (Wildman–Crippen LogP) is 2.89. The second-order valence-corrected chi connectivity index (χ2v) is 4.90. The summed E-state index contributed by atoms with van der Waals surface area (Å²) < 4.78 is 1.91. The van der Waals surface area contributed by atoms with Crippen molar-refractivity contribution in [3.63, 3.8) is 0 Å². The number of hydrogen-bond donors (Lipinski definition) is 1. The zero-order valence-electron chi connectivity index (χ0n) is 11.8. The molecule has 1 N–H and O–H groups in total. The molecule has 1 atom stereocenters. The van der Waals surface area contributed by atoms with Gasteiger partial charge in [0.2, 0.25) is 0 Å². The van der Waals surface area contributed by atoms with Crippen LogP contribution in [-0.4, -0.2) is 19.7 Å². The van der Waals surface area contributed by atoms with Crippen molar-refractivity contribution in [2.24, 2.45) is 0 Å². The lowest BCUT2D eigenvalue weighted by Gasteiger charge is -2.14. The van der Waals surface area contributed by atoms with Crippen LogP contribution in [-0.2, 0) is 6.54 Å². The topological polar surface area (TPSA) is 55.6 Å². The van der Waals surface area contributed by atoms with Crippen LogP contribution in [0.25, 0.3) is 0 Å². The Hall–Kier alpha value is -2.69. The van der Waals surface area contributed by atoms with Crippen molar-refractivity contribution in [3.05, 3.63) is 72.6 Å². The number of aromatic nitrogens is 4. The van der Waals surface area contributed by atoms with Crippen LogP contribution in [0.3, 0.4) is 0 Å². The molecule has 0 saturated carbocycles. The van der Waals surface area contributed by atoms with Gasteiger partial charge < -0.3 is 5.32 Å². The van der Waals surface area contributed by atoms with Crippen LogP contribution in [0.5, 0.6) is 0 Å². The molecule has 1 aromatic carbocycles. The molecular formula is C16H17N5. The van der Waals surface area contributed by atoms with E-state index in [0.29, 0.717) is 0 Å². The third-order valence-corrected chi connectivity index (χ3v) is 3.27. The molecular weight excluding hydrogens is 262 g/mol. The van der Waals surface area contributed by atoms with Crippen LogP contribution in [0.15, 0.2) is 61.3 Å². The SMILES string of the molecule is CC(Nc1ccc(Cn2cccn2)cc1)c1cnccn1. The lowest BCUT2D eigenvalue weighted by atomic mass is 10.2. The highest BCUT2D eigenvalue weighted by Gasteiger charge is 2.06. The zero-order chi connectivity index (χ0) is 14.5. The van der Waals surface area contributed by atoms with E-state index in [2.05, 4.69) is 51.6 Å². The Morgan fingerprint density at radius 3 is 2.67 bits per heavy atom. The Labute approximate surface area is 123 Å². The fourth-order valence-electron chi connectivity index (χ4n) is 2.15. The van der Waals surface area contributed by atoms with Crippen LogP contribution >= 0.6 is 0 Å². The number of rotatable bonds is 5. The van der Waals surface area contributed by atoms with E-state index in [0.717, 1.165) is 17.9 Å². The van der Waals surface area contributed by atoms with E-state index in [-0.39, 0.29) is 6.04 Å². The van der Waals surface area contributed by atoms with Gasteiger partial charge in [0.05, 0.1) is 24.5 Å². The van der Waals surface area contributed by atoms with Gasteiger partial charge >= 0.3 is 0 Å². The van der Waals surface area contributed by atoms with Gasteiger partial charge in [-0.1, -0.05) is 12.1 Å². The highest BCUT2D eigenvalue weighted by molar-refractivity contribution is 5.46. The van der Waals surface area contributed by atoms with Gasteiger partial charge in [-0.25, -0.2) is 0 Å². The van der Waals surface area contributed by atoms with Crippen LogP contribution in [0.2, 0.25) is 0 Å². The normalized spacial score (nSPS) is 12.0. The van der Waals surface area contributed by atoms with Crippen molar-refractivity contribution in [3.8, 4) is 0 Å². The molecule has 0 aliphatic carbocycles. The molecule has 0 radical (unpaired) electrons. The third-order valence-electron chi connectivity index (χ3n) is 3.27. The van der Waals surface area contributed by atoms with Crippen molar-refractivity contribution < 1.29 is 0 Å². The van der Waals surface area contributed by atoms with Crippen molar-refractivity contribution >= 4 is 5.69 Å². The largest absolute Gasteiger partial charge is 0.377 e. The minimum absolute atomic E-state index is 0.121. The summed E-state index contributed by atoms with van der Waals surface area (Å²) in [7, 11) is 0. The average molecular weight is 279 g/mol. The molecule has 2 aromatic heterocycles.